The van der Waals surface area contributed by atoms with Crippen molar-refractivity contribution in [3.8, 4) is 5.75 Å². The van der Waals surface area contributed by atoms with Crippen LogP contribution in [0.15, 0.2) is 45.6 Å². The smallest absolute Gasteiger partial charge is 0.252 e. The lowest BCUT2D eigenvalue weighted by molar-refractivity contribution is 0.414. The highest BCUT2D eigenvalue weighted by atomic mass is 127. The first-order valence-corrected chi connectivity index (χ1v) is 10.8. The zero-order valence-electron chi connectivity index (χ0n) is 16.4. The van der Waals surface area contributed by atoms with Crippen molar-refractivity contribution in [1.82, 2.24) is 14.9 Å². The van der Waals surface area contributed by atoms with Gasteiger partial charge in [-0.25, -0.2) is 17.7 Å². The van der Waals surface area contributed by atoms with E-state index in [1.165, 1.54) is 29.7 Å². The van der Waals surface area contributed by atoms with Crippen LogP contribution in [0.2, 0.25) is 0 Å². The van der Waals surface area contributed by atoms with Crippen molar-refractivity contribution in [2.45, 2.75) is 24.2 Å². The molecule has 1 aromatic heterocycles. The first-order valence-electron chi connectivity index (χ1n) is 8.53. The summed E-state index contributed by atoms with van der Waals surface area (Å²) in [6.07, 6.45) is 0. The number of aliphatic imine (C=N–C) groups is 1. The highest BCUT2D eigenvalue weighted by molar-refractivity contribution is 14.0. The number of hydrogen-bond donors (Lipinski definition) is 2. The highest BCUT2D eigenvalue weighted by Gasteiger charge is 2.19. The van der Waals surface area contributed by atoms with E-state index in [0.29, 0.717) is 23.3 Å². The molecular formula is C18H27IN4O3S2. The van der Waals surface area contributed by atoms with E-state index in [9.17, 15) is 8.42 Å². The zero-order chi connectivity index (χ0) is 19.9. The molecule has 10 heteroatoms. The molecule has 0 aliphatic heterocycles. The fraction of sp³-hybridized carbons (Fsp3) is 0.389. The fourth-order valence-electron chi connectivity index (χ4n) is 2.19. The molecule has 7 nitrogen and oxygen atoms in total. The molecule has 1 heterocycles. The molecule has 156 valence electrons. The highest BCUT2D eigenvalue weighted by Crippen LogP contribution is 2.23. The molecule has 0 unspecified atom stereocenters. The van der Waals surface area contributed by atoms with Gasteiger partial charge in [-0.3, -0.25) is 0 Å². The van der Waals surface area contributed by atoms with Crippen LogP contribution in [0.1, 0.15) is 17.4 Å². The Morgan fingerprint density at radius 2 is 1.82 bits per heavy atom. The minimum atomic E-state index is -3.39. The van der Waals surface area contributed by atoms with Crippen molar-refractivity contribution in [3.05, 3.63) is 46.8 Å². The summed E-state index contributed by atoms with van der Waals surface area (Å²) in [4.78, 5) is 5.49. The number of guanidine groups is 1. The molecule has 1 aromatic carbocycles. The van der Waals surface area contributed by atoms with Crippen LogP contribution in [0.3, 0.4) is 0 Å². The number of methoxy groups -OCH3 is 1. The Kier molecular flexibility index (Phi) is 10.2. The van der Waals surface area contributed by atoms with Gasteiger partial charge in [-0.1, -0.05) is 12.1 Å². The summed E-state index contributed by atoms with van der Waals surface area (Å²) in [6.45, 7) is 3.77. The number of nitrogens with zero attached hydrogens (tertiary/aromatic N) is 2. The Morgan fingerprint density at radius 3 is 2.39 bits per heavy atom. The number of hydrogen-bond acceptors (Lipinski definition) is 5. The zero-order valence-corrected chi connectivity index (χ0v) is 20.4. The van der Waals surface area contributed by atoms with Crippen molar-refractivity contribution < 1.29 is 13.2 Å². The third-order valence-corrected chi connectivity index (χ3v) is 7.09. The largest absolute Gasteiger partial charge is 0.497 e. The van der Waals surface area contributed by atoms with E-state index in [-0.39, 0.29) is 24.0 Å². The molecule has 0 radical (unpaired) electrons. The molecule has 0 bridgehead atoms. The van der Waals surface area contributed by atoms with Gasteiger partial charge in [-0.15, -0.1) is 35.3 Å². The minimum Gasteiger partial charge on any atom is -0.497 e. The molecular weight excluding hydrogens is 511 g/mol. The monoisotopic (exact) mass is 538 g/mol. The van der Waals surface area contributed by atoms with E-state index in [1.807, 2.05) is 37.3 Å². The predicted molar refractivity (Wildman–Crippen MR) is 125 cm³/mol. The molecule has 28 heavy (non-hydrogen) atoms. The molecule has 0 amide bonds. The Balaban J connectivity index is 0.00000392. The number of ether oxygens (including phenoxy) is 1. The third kappa shape index (κ3) is 6.90. The number of nitrogens with one attached hydrogen (secondary N) is 2. The Morgan fingerprint density at radius 1 is 1.14 bits per heavy atom. The van der Waals surface area contributed by atoms with Crippen LogP contribution in [-0.2, 0) is 23.1 Å². The lowest BCUT2D eigenvalue weighted by atomic mass is 10.2. The van der Waals surface area contributed by atoms with Gasteiger partial charge in [0.15, 0.2) is 5.96 Å². The summed E-state index contributed by atoms with van der Waals surface area (Å²) in [5, 5.41) is 6.43. The molecule has 2 rings (SSSR count). The van der Waals surface area contributed by atoms with Gasteiger partial charge in [0, 0.05) is 25.5 Å². The van der Waals surface area contributed by atoms with Gasteiger partial charge >= 0.3 is 0 Å². The SMILES string of the molecule is CCNC(=NCc1ccc(OC)cc1)NCc1ccc(S(=O)(=O)N(C)C)s1.I. The lowest BCUT2D eigenvalue weighted by Crippen LogP contribution is -2.36. The van der Waals surface area contributed by atoms with Crippen LogP contribution in [0.5, 0.6) is 5.75 Å². The number of benzene rings is 1. The number of thiophene rings is 1. The molecule has 0 fully saturated rings. The number of halogens is 1. The first kappa shape index (κ1) is 24.7. The maximum atomic E-state index is 12.2. The van der Waals surface area contributed by atoms with Crippen LogP contribution in [0.4, 0.5) is 0 Å². The van der Waals surface area contributed by atoms with Gasteiger partial charge < -0.3 is 15.4 Å². The van der Waals surface area contributed by atoms with Crippen molar-refractivity contribution in [2.75, 3.05) is 27.7 Å². The van der Waals surface area contributed by atoms with Gasteiger partial charge in [0.05, 0.1) is 20.2 Å². The Hall–Kier alpha value is -1.37. The summed E-state index contributed by atoms with van der Waals surface area (Å²) >= 11 is 1.26. The van der Waals surface area contributed by atoms with Gasteiger partial charge in [-0.05, 0) is 36.8 Å². The van der Waals surface area contributed by atoms with Crippen molar-refractivity contribution >= 4 is 51.3 Å². The maximum absolute atomic E-state index is 12.2. The molecule has 0 atom stereocenters. The van der Waals surface area contributed by atoms with Crippen LogP contribution in [-0.4, -0.2) is 46.4 Å². The number of rotatable bonds is 8. The van der Waals surface area contributed by atoms with Gasteiger partial charge in [-0.2, -0.15) is 0 Å². The molecule has 0 aliphatic rings. The molecule has 2 N–H and O–H groups in total. The second kappa shape index (κ2) is 11.6. The van der Waals surface area contributed by atoms with E-state index >= 15 is 0 Å². The Labute approximate surface area is 188 Å². The summed E-state index contributed by atoms with van der Waals surface area (Å²) in [7, 11) is 1.31. The first-order chi connectivity index (χ1) is 12.9. The topological polar surface area (TPSA) is 83.0 Å². The van der Waals surface area contributed by atoms with Crippen LogP contribution in [0, 0.1) is 0 Å². The summed E-state index contributed by atoms with van der Waals surface area (Å²) in [5.74, 6) is 1.49. The second-order valence-corrected chi connectivity index (χ2v) is 9.45. The normalized spacial score (nSPS) is 11.8. The quantitative estimate of drug-likeness (QED) is 0.307. The molecule has 0 spiro atoms. The lowest BCUT2D eigenvalue weighted by Gasteiger charge is -2.11. The van der Waals surface area contributed by atoms with Gasteiger partial charge in [0.2, 0.25) is 0 Å². The average Bonchev–Trinajstić information content (AvgIpc) is 3.14. The van der Waals surface area contributed by atoms with E-state index in [2.05, 4.69) is 15.6 Å². The van der Waals surface area contributed by atoms with Gasteiger partial charge in [0.25, 0.3) is 10.0 Å². The van der Waals surface area contributed by atoms with Crippen LogP contribution >= 0.6 is 35.3 Å². The average molecular weight is 538 g/mol. The standard InChI is InChI=1S/C18H26N4O3S2.HI/c1-5-19-18(20-12-14-6-8-15(25-4)9-7-14)21-13-16-10-11-17(26-16)27(23,24)22(2)3;/h6-11H,5,12-13H2,1-4H3,(H2,19,20,21);1H. The van der Waals surface area contributed by atoms with E-state index in [0.717, 1.165) is 22.7 Å². The second-order valence-electron chi connectivity index (χ2n) is 5.90. The summed E-state index contributed by atoms with van der Waals surface area (Å²) < 4.78 is 31.0. The van der Waals surface area contributed by atoms with Crippen LogP contribution < -0.4 is 15.4 Å². The van der Waals surface area contributed by atoms with Crippen molar-refractivity contribution in [3.63, 3.8) is 0 Å². The van der Waals surface area contributed by atoms with Crippen molar-refractivity contribution in [2.24, 2.45) is 4.99 Å². The third-order valence-electron chi connectivity index (χ3n) is 3.73. The molecule has 0 aliphatic carbocycles. The van der Waals surface area contributed by atoms with Crippen molar-refractivity contribution in [1.29, 1.82) is 0 Å². The molecule has 0 saturated carbocycles. The molecule has 2 aromatic rings. The Bertz CT molecular complexity index is 865. The van der Waals surface area contributed by atoms with Crippen LogP contribution in [0.25, 0.3) is 0 Å². The minimum absolute atomic E-state index is 0. The maximum Gasteiger partial charge on any atom is 0.252 e. The van der Waals surface area contributed by atoms with E-state index in [1.54, 1.807) is 13.2 Å². The molecule has 0 saturated heterocycles. The van der Waals surface area contributed by atoms with E-state index < -0.39 is 10.0 Å². The summed E-state index contributed by atoms with van der Waals surface area (Å²) in [6, 6.07) is 11.2. The number of sulfonamides is 1. The van der Waals surface area contributed by atoms with E-state index in [4.69, 9.17) is 4.74 Å². The fourth-order valence-corrected chi connectivity index (χ4v) is 4.65. The summed E-state index contributed by atoms with van der Waals surface area (Å²) in [5.41, 5.74) is 1.07. The predicted octanol–water partition coefficient (Wildman–Crippen LogP) is 2.88. The van der Waals surface area contributed by atoms with Gasteiger partial charge in [0.1, 0.15) is 9.96 Å².